The van der Waals surface area contributed by atoms with E-state index in [9.17, 15) is 0 Å². The number of aromatic nitrogens is 1. The third-order valence-corrected chi connectivity index (χ3v) is 6.35. The highest BCUT2D eigenvalue weighted by Crippen LogP contribution is 2.29. The third-order valence-electron chi connectivity index (χ3n) is 6.35. The van der Waals surface area contributed by atoms with E-state index >= 15 is 0 Å². The average Bonchev–Trinajstić information content (AvgIpc) is 2.77. The van der Waals surface area contributed by atoms with Gasteiger partial charge in [-0.05, 0) is 74.0 Å². The molecular formula is C27H32N4+2. The predicted octanol–water partition coefficient (Wildman–Crippen LogP) is 5.22. The number of hydrogen-bond acceptors (Lipinski definition) is 2. The molecule has 158 valence electrons. The van der Waals surface area contributed by atoms with Gasteiger partial charge in [0.15, 0.2) is 0 Å². The van der Waals surface area contributed by atoms with Crippen molar-refractivity contribution in [1.29, 1.82) is 0 Å². The number of aryl methyl sites for hydroxylation is 1. The fourth-order valence-corrected chi connectivity index (χ4v) is 4.15. The molecule has 0 bridgehead atoms. The van der Waals surface area contributed by atoms with Crippen LogP contribution in [0.2, 0.25) is 0 Å². The topological polar surface area (TPSA) is 55.9 Å². The molecule has 0 radical (unpaired) electrons. The van der Waals surface area contributed by atoms with Gasteiger partial charge in [0, 0.05) is 28.9 Å². The number of anilines is 2. The Morgan fingerprint density at radius 1 is 0.774 bits per heavy atom. The second-order valence-electron chi connectivity index (χ2n) is 8.64. The summed E-state index contributed by atoms with van der Waals surface area (Å²) in [6.07, 6.45) is 4.38. The Morgan fingerprint density at radius 2 is 1.42 bits per heavy atom. The fourth-order valence-electron chi connectivity index (χ4n) is 4.15. The van der Waals surface area contributed by atoms with Crippen LogP contribution in [-0.2, 0) is 6.54 Å². The van der Waals surface area contributed by atoms with Crippen molar-refractivity contribution >= 4 is 50.9 Å². The van der Waals surface area contributed by atoms with E-state index in [0.29, 0.717) is 0 Å². The van der Waals surface area contributed by atoms with Crippen molar-refractivity contribution in [2.75, 3.05) is 32.1 Å². The predicted molar refractivity (Wildman–Crippen MR) is 136 cm³/mol. The van der Waals surface area contributed by atoms with Crippen LogP contribution in [0.4, 0.5) is 17.1 Å². The maximum atomic E-state index is 6.18. The lowest BCUT2D eigenvalue weighted by atomic mass is 10.0. The van der Waals surface area contributed by atoms with Crippen molar-refractivity contribution in [3.8, 4) is 0 Å². The van der Waals surface area contributed by atoms with Crippen LogP contribution in [0, 0.1) is 0 Å². The van der Waals surface area contributed by atoms with Crippen LogP contribution < -0.4 is 20.5 Å². The zero-order chi connectivity index (χ0) is 22.2. The molecule has 0 spiro atoms. The second kappa shape index (κ2) is 8.05. The van der Waals surface area contributed by atoms with Gasteiger partial charge in [0.2, 0.25) is 11.2 Å². The summed E-state index contributed by atoms with van der Waals surface area (Å²) in [4.78, 5) is 0. The summed E-state index contributed by atoms with van der Waals surface area (Å²) in [5.74, 6) is 0. The smallest absolute Gasteiger partial charge is 0.215 e. The number of nitrogens with two attached hydrogens (primary N) is 2. The van der Waals surface area contributed by atoms with Crippen LogP contribution in [0.3, 0.4) is 0 Å². The Labute approximate surface area is 184 Å². The van der Waals surface area contributed by atoms with E-state index in [-0.39, 0.29) is 0 Å². The largest absolute Gasteiger partial charge is 0.399 e. The molecular weight excluding hydrogens is 380 g/mol. The van der Waals surface area contributed by atoms with E-state index < -0.39 is 0 Å². The molecule has 0 unspecified atom stereocenters. The lowest BCUT2D eigenvalue weighted by Gasteiger charge is -2.27. The molecule has 31 heavy (non-hydrogen) atoms. The maximum Gasteiger partial charge on any atom is 0.215 e. The lowest BCUT2D eigenvalue weighted by molar-refractivity contribution is -0.668. The number of pyridine rings is 1. The summed E-state index contributed by atoms with van der Waals surface area (Å²) < 4.78 is 3.19. The molecule has 0 fully saturated rings. The van der Waals surface area contributed by atoms with E-state index in [1.165, 1.54) is 22.0 Å². The Balaban J connectivity index is 1.88. The quantitative estimate of drug-likeness (QED) is 0.204. The summed E-state index contributed by atoms with van der Waals surface area (Å²) in [5.41, 5.74) is 18.6. The van der Waals surface area contributed by atoms with Crippen molar-refractivity contribution in [3.63, 3.8) is 0 Å². The molecule has 4 N–H and O–H groups in total. The highest BCUT2D eigenvalue weighted by molar-refractivity contribution is 6.08. The average molecular weight is 413 g/mol. The van der Waals surface area contributed by atoms with Gasteiger partial charge in [0.05, 0.1) is 31.4 Å². The minimum absolute atomic E-state index is 0.767. The first kappa shape index (κ1) is 20.9. The molecule has 0 saturated carbocycles. The van der Waals surface area contributed by atoms with Crippen LogP contribution in [0.25, 0.3) is 33.8 Å². The van der Waals surface area contributed by atoms with Gasteiger partial charge < -0.3 is 11.5 Å². The first-order chi connectivity index (χ1) is 14.8. The van der Waals surface area contributed by atoms with Crippen molar-refractivity contribution in [2.45, 2.75) is 20.4 Å². The fraction of sp³-hybridized carbons (Fsp3) is 0.222. The number of nitrogens with zero attached hydrogens (tertiary/aromatic N) is 2. The third kappa shape index (κ3) is 3.87. The van der Waals surface area contributed by atoms with E-state index in [0.717, 1.165) is 45.5 Å². The summed E-state index contributed by atoms with van der Waals surface area (Å²) in [6, 6.07) is 21.1. The number of benzene rings is 3. The minimum atomic E-state index is 0.767. The highest BCUT2D eigenvalue weighted by Gasteiger charge is 2.19. The minimum Gasteiger partial charge on any atom is -0.399 e. The zero-order valence-electron chi connectivity index (χ0n) is 18.9. The maximum absolute atomic E-state index is 6.18. The summed E-state index contributed by atoms with van der Waals surface area (Å²) in [5, 5.41) is 3.52. The van der Waals surface area contributed by atoms with Crippen LogP contribution in [0.15, 0.2) is 60.7 Å². The Kier molecular flexibility index (Phi) is 5.42. The van der Waals surface area contributed by atoms with Gasteiger partial charge in [-0.15, -0.1) is 0 Å². The van der Waals surface area contributed by atoms with Crippen LogP contribution in [0.1, 0.15) is 25.1 Å². The van der Waals surface area contributed by atoms with Crippen molar-refractivity contribution in [2.24, 2.45) is 0 Å². The van der Waals surface area contributed by atoms with Crippen molar-refractivity contribution in [1.82, 2.24) is 4.48 Å². The molecule has 0 amide bonds. The summed E-state index contributed by atoms with van der Waals surface area (Å²) >= 11 is 0. The van der Waals surface area contributed by atoms with E-state index in [4.69, 9.17) is 11.5 Å². The molecule has 0 saturated heterocycles. The summed E-state index contributed by atoms with van der Waals surface area (Å²) in [6.45, 7) is 6.27. The normalized spacial score (nSPS) is 12.3. The SMILES string of the molecule is CC[n+]1c(/C=C/c2ccc([N+](C)(C)CC)cc2)c2cc(N)ccc2c2ccc(N)cc21. The van der Waals surface area contributed by atoms with Gasteiger partial charge >= 0.3 is 0 Å². The van der Waals surface area contributed by atoms with Crippen LogP contribution >= 0.6 is 0 Å². The number of quaternary nitrogens is 1. The number of nitrogen functional groups attached to an aromatic ring is 2. The summed E-state index contributed by atoms with van der Waals surface area (Å²) in [7, 11) is 4.46. The zero-order valence-corrected chi connectivity index (χ0v) is 18.9. The molecule has 0 aliphatic heterocycles. The van der Waals surface area contributed by atoms with Crippen molar-refractivity contribution < 1.29 is 4.57 Å². The molecule has 0 aliphatic carbocycles. The highest BCUT2D eigenvalue weighted by atomic mass is 15.3. The van der Waals surface area contributed by atoms with Gasteiger partial charge in [-0.2, -0.15) is 4.57 Å². The van der Waals surface area contributed by atoms with E-state index in [2.05, 4.69) is 93.2 Å². The first-order valence-electron chi connectivity index (χ1n) is 10.9. The van der Waals surface area contributed by atoms with E-state index in [1.807, 2.05) is 12.1 Å². The van der Waals surface area contributed by atoms with Gasteiger partial charge in [-0.1, -0.05) is 6.07 Å². The number of hydrogen-bond donors (Lipinski definition) is 2. The Hall–Kier alpha value is -3.37. The molecule has 4 aromatic rings. The second-order valence-corrected chi connectivity index (χ2v) is 8.64. The monoisotopic (exact) mass is 412 g/mol. The molecule has 4 rings (SSSR count). The molecule has 1 heterocycles. The first-order valence-corrected chi connectivity index (χ1v) is 10.9. The molecule has 3 aromatic carbocycles. The van der Waals surface area contributed by atoms with Gasteiger partial charge in [-0.3, -0.25) is 4.48 Å². The molecule has 4 nitrogen and oxygen atoms in total. The van der Waals surface area contributed by atoms with Gasteiger partial charge in [-0.25, -0.2) is 0 Å². The number of fused-ring (bicyclic) bond motifs is 3. The van der Waals surface area contributed by atoms with Crippen LogP contribution in [-0.4, -0.2) is 20.6 Å². The van der Waals surface area contributed by atoms with E-state index in [1.54, 1.807) is 0 Å². The molecule has 1 aromatic heterocycles. The molecule has 4 heteroatoms. The van der Waals surface area contributed by atoms with Crippen molar-refractivity contribution in [3.05, 3.63) is 71.9 Å². The molecule has 0 aliphatic rings. The van der Waals surface area contributed by atoms with Gasteiger partial charge in [0.1, 0.15) is 12.2 Å². The molecule has 0 atom stereocenters. The lowest BCUT2D eigenvalue weighted by Crippen LogP contribution is -2.39. The van der Waals surface area contributed by atoms with Crippen LogP contribution in [0.5, 0.6) is 0 Å². The van der Waals surface area contributed by atoms with Gasteiger partial charge in [0.25, 0.3) is 0 Å². The Bertz CT molecular complexity index is 1280. The number of rotatable bonds is 5. The standard InChI is InChI=1S/C27H31N4/c1-5-30-26(16-9-19-7-12-22(13-8-19)31(3,4)6-2)25-17-20(28)10-14-23(25)24-15-11-21(29)18-27(24)30/h7-18,29H,5-6,28H2,1-4H3/q+1/p+1/b16-9+. The Morgan fingerprint density at radius 3 is 2.06 bits per heavy atom.